The van der Waals surface area contributed by atoms with E-state index in [0.717, 1.165) is 45.7 Å². The fourth-order valence-electron chi connectivity index (χ4n) is 2.70. The lowest BCUT2D eigenvalue weighted by Crippen LogP contribution is -2.51. The van der Waals surface area contributed by atoms with Gasteiger partial charge in [-0.25, -0.2) is 4.79 Å². The maximum atomic E-state index is 11.9. The quantitative estimate of drug-likeness (QED) is 0.843. The second kappa shape index (κ2) is 6.93. The van der Waals surface area contributed by atoms with Gasteiger partial charge >= 0.3 is 6.03 Å². The van der Waals surface area contributed by atoms with Crippen molar-refractivity contribution in [1.29, 1.82) is 0 Å². The molecule has 2 amide bonds. The number of carbonyl (C=O) groups is 1. The van der Waals surface area contributed by atoms with E-state index in [-0.39, 0.29) is 6.03 Å². The predicted molar refractivity (Wildman–Crippen MR) is 83.2 cm³/mol. The third-order valence-corrected chi connectivity index (χ3v) is 4.06. The van der Waals surface area contributed by atoms with E-state index in [9.17, 15) is 4.79 Å². The van der Waals surface area contributed by atoms with Crippen LogP contribution in [0.3, 0.4) is 0 Å². The molecule has 118 valence electrons. The molecule has 0 aliphatic carbocycles. The number of aromatic nitrogens is 2. The van der Waals surface area contributed by atoms with Crippen LogP contribution in [0.5, 0.6) is 0 Å². The highest BCUT2D eigenvalue weighted by Crippen LogP contribution is 2.13. The van der Waals surface area contributed by atoms with Crippen LogP contribution in [0.1, 0.15) is 24.6 Å². The number of carbonyl (C=O) groups excluding carboxylic acids is 1. The first kappa shape index (κ1) is 15.8. The van der Waals surface area contributed by atoms with Gasteiger partial charge in [-0.15, -0.1) is 0 Å². The first-order chi connectivity index (χ1) is 10.0. The summed E-state index contributed by atoms with van der Waals surface area (Å²) in [4.78, 5) is 17.9. The van der Waals surface area contributed by atoms with E-state index in [1.807, 2.05) is 11.1 Å². The standard InChI is InChI=1S/C15H27N5O/c1-5-6-20-13(2)14(11-16-20)12-18-7-9-19(10-8-18)15(21)17(3)4/h11H,5-10,12H2,1-4H3. The highest BCUT2D eigenvalue weighted by atomic mass is 16.2. The first-order valence-corrected chi connectivity index (χ1v) is 7.72. The second-order valence-electron chi connectivity index (χ2n) is 5.92. The molecule has 0 aromatic carbocycles. The molecule has 0 N–H and O–H groups in total. The minimum atomic E-state index is 0.113. The normalized spacial score (nSPS) is 16.3. The van der Waals surface area contributed by atoms with Crippen LogP contribution in [0, 0.1) is 6.92 Å². The van der Waals surface area contributed by atoms with Crippen molar-refractivity contribution in [3.63, 3.8) is 0 Å². The number of piperazine rings is 1. The van der Waals surface area contributed by atoms with Gasteiger partial charge in [-0.1, -0.05) is 6.92 Å². The van der Waals surface area contributed by atoms with Gasteiger partial charge in [-0.3, -0.25) is 9.58 Å². The zero-order chi connectivity index (χ0) is 15.4. The third-order valence-electron chi connectivity index (χ3n) is 4.06. The topological polar surface area (TPSA) is 44.6 Å². The average molecular weight is 293 g/mol. The summed E-state index contributed by atoms with van der Waals surface area (Å²) in [7, 11) is 3.61. The number of rotatable bonds is 4. The lowest BCUT2D eigenvalue weighted by atomic mass is 10.2. The summed E-state index contributed by atoms with van der Waals surface area (Å²) in [6, 6.07) is 0.113. The average Bonchev–Trinajstić information content (AvgIpc) is 2.81. The highest BCUT2D eigenvalue weighted by Gasteiger charge is 2.22. The van der Waals surface area contributed by atoms with Crippen LogP contribution in [0.25, 0.3) is 0 Å². The zero-order valence-corrected chi connectivity index (χ0v) is 13.7. The zero-order valence-electron chi connectivity index (χ0n) is 13.7. The fraction of sp³-hybridized carbons (Fsp3) is 0.733. The first-order valence-electron chi connectivity index (χ1n) is 7.72. The molecule has 6 heteroatoms. The summed E-state index contributed by atoms with van der Waals surface area (Å²) in [5.74, 6) is 0. The van der Waals surface area contributed by atoms with Crippen LogP contribution in [0.4, 0.5) is 4.79 Å². The fourth-order valence-corrected chi connectivity index (χ4v) is 2.70. The second-order valence-corrected chi connectivity index (χ2v) is 5.92. The van der Waals surface area contributed by atoms with E-state index >= 15 is 0 Å². The maximum absolute atomic E-state index is 11.9. The van der Waals surface area contributed by atoms with Gasteiger partial charge in [0, 0.05) is 64.6 Å². The lowest BCUT2D eigenvalue weighted by Gasteiger charge is -2.35. The molecule has 0 saturated carbocycles. The molecule has 2 heterocycles. The number of aryl methyl sites for hydroxylation is 1. The summed E-state index contributed by atoms with van der Waals surface area (Å²) in [5.41, 5.74) is 2.57. The van der Waals surface area contributed by atoms with Crippen LogP contribution < -0.4 is 0 Å². The van der Waals surface area contributed by atoms with Crippen LogP contribution in [-0.2, 0) is 13.1 Å². The Morgan fingerprint density at radius 3 is 2.52 bits per heavy atom. The molecular formula is C15H27N5O. The molecule has 1 aliphatic rings. The number of urea groups is 1. The van der Waals surface area contributed by atoms with E-state index in [0.29, 0.717) is 0 Å². The van der Waals surface area contributed by atoms with Crippen molar-refractivity contribution in [2.75, 3.05) is 40.3 Å². The van der Waals surface area contributed by atoms with Gasteiger partial charge in [0.15, 0.2) is 0 Å². The van der Waals surface area contributed by atoms with Gasteiger partial charge in [0.1, 0.15) is 0 Å². The largest absolute Gasteiger partial charge is 0.331 e. The van der Waals surface area contributed by atoms with Gasteiger partial charge in [-0.2, -0.15) is 5.10 Å². The van der Waals surface area contributed by atoms with Crippen molar-refractivity contribution < 1.29 is 4.79 Å². The Morgan fingerprint density at radius 1 is 1.29 bits per heavy atom. The molecule has 1 saturated heterocycles. The van der Waals surface area contributed by atoms with E-state index in [2.05, 4.69) is 28.5 Å². The van der Waals surface area contributed by atoms with Crippen molar-refractivity contribution in [3.05, 3.63) is 17.5 Å². The summed E-state index contributed by atoms with van der Waals surface area (Å²) >= 11 is 0. The number of amides is 2. The summed E-state index contributed by atoms with van der Waals surface area (Å²) in [5, 5.41) is 4.46. The minimum absolute atomic E-state index is 0.113. The lowest BCUT2D eigenvalue weighted by molar-refractivity contribution is 0.120. The van der Waals surface area contributed by atoms with Crippen molar-refractivity contribution in [1.82, 2.24) is 24.5 Å². The Bertz CT molecular complexity index is 474. The van der Waals surface area contributed by atoms with E-state index in [1.54, 1.807) is 19.0 Å². The molecule has 1 fully saturated rings. The minimum Gasteiger partial charge on any atom is -0.331 e. The smallest absolute Gasteiger partial charge is 0.319 e. The molecular weight excluding hydrogens is 266 g/mol. The van der Waals surface area contributed by atoms with E-state index < -0.39 is 0 Å². The van der Waals surface area contributed by atoms with Crippen LogP contribution in [0.2, 0.25) is 0 Å². The molecule has 1 aliphatic heterocycles. The van der Waals surface area contributed by atoms with E-state index in [1.165, 1.54) is 11.3 Å². The SMILES string of the molecule is CCCn1ncc(CN2CCN(C(=O)N(C)C)CC2)c1C. The Balaban J connectivity index is 1.87. The Kier molecular flexibility index (Phi) is 5.22. The molecule has 0 unspecified atom stereocenters. The molecule has 21 heavy (non-hydrogen) atoms. The molecule has 1 aromatic rings. The van der Waals surface area contributed by atoms with Gasteiger partial charge in [0.2, 0.25) is 0 Å². The summed E-state index contributed by atoms with van der Waals surface area (Å²) in [6.45, 7) is 9.69. The van der Waals surface area contributed by atoms with Crippen molar-refractivity contribution >= 4 is 6.03 Å². The van der Waals surface area contributed by atoms with Crippen LogP contribution in [0.15, 0.2) is 6.20 Å². The van der Waals surface area contributed by atoms with Gasteiger partial charge in [0.25, 0.3) is 0 Å². The molecule has 1 aromatic heterocycles. The van der Waals surface area contributed by atoms with Crippen LogP contribution >= 0.6 is 0 Å². The van der Waals surface area contributed by atoms with Crippen molar-refractivity contribution in [3.8, 4) is 0 Å². The summed E-state index contributed by atoms with van der Waals surface area (Å²) in [6.07, 6.45) is 3.09. The van der Waals surface area contributed by atoms with E-state index in [4.69, 9.17) is 0 Å². The van der Waals surface area contributed by atoms with Gasteiger partial charge < -0.3 is 9.80 Å². The number of hydrogen-bond acceptors (Lipinski definition) is 3. The van der Waals surface area contributed by atoms with Gasteiger partial charge in [0.05, 0.1) is 6.20 Å². The molecule has 2 rings (SSSR count). The Labute approximate surface area is 127 Å². The van der Waals surface area contributed by atoms with Crippen LogP contribution in [-0.4, -0.2) is 70.8 Å². The molecule has 6 nitrogen and oxygen atoms in total. The van der Waals surface area contributed by atoms with Crippen molar-refractivity contribution in [2.45, 2.75) is 33.4 Å². The molecule has 0 radical (unpaired) electrons. The Morgan fingerprint density at radius 2 is 1.95 bits per heavy atom. The highest BCUT2D eigenvalue weighted by molar-refractivity contribution is 5.73. The Hall–Kier alpha value is -1.56. The third kappa shape index (κ3) is 3.75. The molecule has 0 spiro atoms. The summed E-state index contributed by atoms with van der Waals surface area (Å²) < 4.78 is 2.08. The number of hydrogen-bond donors (Lipinski definition) is 0. The maximum Gasteiger partial charge on any atom is 0.319 e. The van der Waals surface area contributed by atoms with Crippen molar-refractivity contribution in [2.24, 2.45) is 0 Å². The number of nitrogens with zero attached hydrogens (tertiary/aromatic N) is 5. The predicted octanol–water partition coefficient (Wildman–Crippen LogP) is 1.40. The molecule has 0 atom stereocenters. The monoisotopic (exact) mass is 293 g/mol. The molecule has 0 bridgehead atoms. The van der Waals surface area contributed by atoms with Gasteiger partial charge in [-0.05, 0) is 13.3 Å².